The first-order valence-corrected chi connectivity index (χ1v) is 10.8. The molecule has 7 nitrogen and oxygen atoms in total. The minimum Gasteiger partial charge on any atom is -0.444 e. The molecule has 3 atom stereocenters. The van der Waals surface area contributed by atoms with Crippen molar-refractivity contribution in [2.24, 2.45) is 5.92 Å². The van der Waals surface area contributed by atoms with E-state index in [9.17, 15) is 14.4 Å². The molecular formula is C24H37N3O4. The number of alkyl carbamates (subject to hydrolysis) is 1. The molecule has 0 aliphatic heterocycles. The minimum absolute atomic E-state index is 0.0525. The van der Waals surface area contributed by atoms with Gasteiger partial charge in [-0.25, -0.2) is 4.79 Å². The van der Waals surface area contributed by atoms with Crippen molar-refractivity contribution in [3.8, 4) is 0 Å². The van der Waals surface area contributed by atoms with E-state index in [0.717, 1.165) is 17.5 Å². The fourth-order valence-corrected chi connectivity index (χ4v) is 3.51. The lowest BCUT2D eigenvalue weighted by atomic mass is 9.97. The van der Waals surface area contributed by atoms with Gasteiger partial charge >= 0.3 is 6.09 Å². The van der Waals surface area contributed by atoms with Gasteiger partial charge in [-0.05, 0) is 71.9 Å². The van der Waals surface area contributed by atoms with E-state index in [-0.39, 0.29) is 24.4 Å². The average Bonchev–Trinajstić information content (AvgIpc) is 3.31. The Kier molecular flexibility index (Phi) is 7.40. The van der Waals surface area contributed by atoms with Crippen LogP contribution in [0, 0.1) is 12.8 Å². The van der Waals surface area contributed by atoms with Gasteiger partial charge in [0.1, 0.15) is 18.2 Å². The van der Waals surface area contributed by atoms with Gasteiger partial charge < -0.3 is 20.3 Å². The number of carbonyl (C=O) groups is 3. The molecule has 2 N–H and O–H groups in total. The highest BCUT2D eigenvalue weighted by Crippen LogP contribution is 2.41. The smallest absolute Gasteiger partial charge is 0.408 e. The topological polar surface area (TPSA) is 87.7 Å². The molecule has 1 aromatic carbocycles. The first-order valence-electron chi connectivity index (χ1n) is 10.8. The Bertz CT molecular complexity index is 823. The number of benzene rings is 1. The molecule has 3 unspecified atom stereocenters. The van der Waals surface area contributed by atoms with E-state index in [2.05, 4.69) is 17.6 Å². The summed E-state index contributed by atoms with van der Waals surface area (Å²) in [4.78, 5) is 40.4. The molecule has 2 rings (SSSR count). The van der Waals surface area contributed by atoms with Gasteiger partial charge in [0, 0.05) is 11.6 Å². The Morgan fingerprint density at radius 2 is 1.71 bits per heavy atom. The summed E-state index contributed by atoms with van der Waals surface area (Å²) in [5.74, 6) is -0.247. The summed E-state index contributed by atoms with van der Waals surface area (Å²) in [5, 5.41) is 5.57. The van der Waals surface area contributed by atoms with Crippen LogP contribution in [0.25, 0.3) is 0 Å². The van der Waals surface area contributed by atoms with E-state index in [1.807, 2.05) is 52.0 Å². The summed E-state index contributed by atoms with van der Waals surface area (Å²) in [5.41, 5.74) is 0.613. The molecule has 0 bridgehead atoms. The number of hydrogen-bond acceptors (Lipinski definition) is 4. The second-order valence-electron chi connectivity index (χ2n) is 10.4. The lowest BCUT2D eigenvalue weighted by Gasteiger charge is -2.35. The highest BCUT2D eigenvalue weighted by molar-refractivity contribution is 5.91. The maximum absolute atomic E-state index is 13.4. The maximum atomic E-state index is 13.4. The monoisotopic (exact) mass is 431 g/mol. The summed E-state index contributed by atoms with van der Waals surface area (Å²) in [6, 6.07) is 6.78. The van der Waals surface area contributed by atoms with Gasteiger partial charge in [0.25, 0.3) is 0 Å². The largest absolute Gasteiger partial charge is 0.444 e. The zero-order valence-corrected chi connectivity index (χ0v) is 20.0. The first kappa shape index (κ1) is 24.7. The van der Waals surface area contributed by atoms with Crippen molar-refractivity contribution in [1.29, 1.82) is 0 Å². The second-order valence-corrected chi connectivity index (χ2v) is 10.4. The van der Waals surface area contributed by atoms with E-state index in [1.165, 1.54) is 0 Å². The Morgan fingerprint density at radius 1 is 1.13 bits per heavy atom. The molecule has 1 aliphatic carbocycles. The van der Waals surface area contributed by atoms with Crippen molar-refractivity contribution in [2.45, 2.75) is 85.0 Å². The molecule has 0 radical (unpaired) electrons. The number of carbonyl (C=O) groups excluding carboxylic acids is 3. The standard InChI is InChI=1S/C24H37N3O4/c1-15-11-9-10-12-17(15)20(21(29)26-23(3,4)5)27(18-13-16(18)2)19(28)14-25-22(30)31-24(6,7)8/h9-12,16,18,20H,13-14H2,1-8H3,(H,25,30)(H,26,29). The predicted octanol–water partition coefficient (Wildman–Crippen LogP) is 3.71. The summed E-state index contributed by atoms with van der Waals surface area (Å²) < 4.78 is 5.24. The third-order valence-electron chi connectivity index (χ3n) is 5.00. The molecule has 0 aromatic heterocycles. The lowest BCUT2D eigenvalue weighted by molar-refractivity contribution is -0.141. The Morgan fingerprint density at radius 3 is 2.19 bits per heavy atom. The molecule has 1 aromatic rings. The molecule has 0 saturated heterocycles. The van der Waals surface area contributed by atoms with Gasteiger partial charge in [-0.2, -0.15) is 0 Å². The summed E-state index contributed by atoms with van der Waals surface area (Å²) >= 11 is 0. The predicted molar refractivity (Wildman–Crippen MR) is 120 cm³/mol. The van der Waals surface area contributed by atoms with Crippen LogP contribution < -0.4 is 10.6 Å². The number of nitrogens with zero attached hydrogens (tertiary/aromatic N) is 1. The Labute approximate surface area is 185 Å². The van der Waals surface area contributed by atoms with Gasteiger partial charge in [0.2, 0.25) is 11.8 Å². The third-order valence-corrected chi connectivity index (χ3v) is 5.00. The van der Waals surface area contributed by atoms with Crippen LogP contribution >= 0.6 is 0 Å². The average molecular weight is 432 g/mol. The Balaban J connectivity index is 2.33. The number of nitrogens with one attached hydrogen (secondary N) is 2. The van der Waals surface area contributed by atoms with Gasteiger partial charge in [0.15, 0.2) is 0 Å². The number of aryl methyl sites for hydroxylation is 1. The number of hydrogen-bond donors (Lipinski definition) is 2. The van der Waals surface area contributed by atoms with Crippen LogP contribution in [0.3, 0.4) is 0 Å². The van der Waals surface area contributed by atoms with Crippen LogP contribution in [0.15, 0.2) is 24.3 Å². The Hall–Kier alpha value is -2.57. The van der Waals surface area contributed by atoms with Gasteiger partial charge in [0.05, 0.1) is 0 Å². The van der Waals surface area contributed by atoms with Crippen molar-refractivity contribution >= 4 is 17.9 Å². The quantitative estimate of drug-likeness (QED) is 0.719. The molecule has 3 amide bonds. The third kappa shape index (κ3) is 7.26. The maximum Gasteiger partial charge on any atom is 0.408 e. The van der Waals surface area contributed by atoms with Gasteiger partial charge in [-0.15, -0.1) is 0 Å². The van der Waals surface area contributed by atoms with Gasteiger partial charge in [-0.1, -0.05) is 31.2 Å². The molecule has 0 spiro atoms. The number of rotatable bonds is 6. The molecule has 7 heteroatoms. The minimum atomic E-state index is -0.775. The fourth-order valence-electron chi connectivity index (χ4n) is 3.51. The van der Waals surface area contributed by atoms with Crippen LogP contribution in [0.5, 0.6) is 0 Å². The number of amides is 3. The van der Waals surface area contributed by atoms with E-state index in [1.54, 1.807) is 25.7 Å². The van der Waals surface area contributed by atoms with E-state index in [4.69, 9.17) is 4.74 Å². The van der Waals surface area contributed by atoms with Crippen molar-refractivity contribution in [1.82, 2.24) is 15.5 Å². The van der Waals surface area contributed by atoms with Crippen LogP contribution in [-0.4, -0.2) is 46.5 Å². The molecule has 0 heterocycles. The van der Waals surface area contributed by atoms with Crippen molar-refractivity contribution in [3.05, 3.63) is 35.4 Å². The van der Waals surface area contributed by atoms with Crippen LogP contribution in [0.2, 0.25) is 0 Å². The van der Waals surface area contributed by atoms with E-state index in [0.29, 0.717) is 5.92 Å². The zero-order chi connectivity index (χ0) is 23.6. The van der Waals surface area contributed by atoms with E-state index < -0.39 is 23.3 Å². The summed E-state index contributed by atoms with van der Waals surface area (Å²) in [6.45, 7) is 14.8. The molecule has 172 valence electrons. The summed E-state index contributed by atoms with van der Waals surface area (Å²) in [7, 11) is 0. The van der Waals surface area contributed by atoms with E-state index >= 15 is 0 Å². The number of ether oxygens (including phenoxy) is 1. The fraction of sp³-hybridized carbons (Fsp3) is 0.625. The second kappa shape index (κ2) is 9.28. The first-order chi connectivity index (χ1) is 14.2. The molecule has 31 heavy (non-hydrogen) atoms. The van der Waals surface area contributed by atoms with Crippen molar-refractivity contribution in [2.75, 3.05) is 6.54 Å². The van der Waals surface area contributed by atoms with Crippen LogP contribution in [-0.2, 0) is 14.3 Å². The summed E-state index contributed by atoms with van der Waals surface area (Å²) in [6.07, 6.45) is 0.167. The molecule has 1 aliphatic rings. The molecular weight excluding hydrogens is 394 g/mol. The molecule has 1 fully saturated rings. The van der Waals surface area contributed by atoms with Crippen LogP contribution in [0.1, 0.15) is 72.1 Å². The normalized spacial score (nSPS) is 19.2. The zero-order valence-electron chi connectivity index (χ0n) is 20.0. The SMILES string of the molecule is Cc1ccccc1C(C(=O)NC(C)(C)C)N(C(=O)CNC(=O)OC(C)(C)C)C1CC1C. The molecule has 1 saturated carbocycles. The highest BCUT2D eigenvalue weighted by Gasteiger charge is 2.47. The van der Waals surface area contributed by atoms with Crippen LogP contribution in [0.4, 0.5) is 4.79 Å². The highest BCUT2D eigenvalue weighted by atomic mass is 16.6. The lowest BCUT2D eigenvalue weighted by Crippen LogP contribution is -2.52. The van der Waals surface area contributed by atoms with Crippen molar-refractivity contribution < 1.29 is 19.1 Å². The van der Waals surface area contributed by atoms with Crippen molar-refractivity contribution in [3.63, 3.8) is 0 Å². The van der Waals surface area contributed by atoms with Gasteiger partial charge in [-0.3, -0.25) is 9.59 Å².